The number of carbonyl (C=O) groups excluding carboxylic acids is 2. The van der Waals surface area contributed by atoms with Gasteiger partial charge < -0.3 is 4.74 Å². The van der Waals surface area contributed by atoms with E-state index in [1.165, 1.54) is 29.1 Å². The van der Waals surface area contributed by atoms with E-state index in [2.05, 4.69) is 0 Å². The number of hydrogen-bond donors (Lipinski definition) is 0. The molecular formula is C13H17NO3S. The van der Waals surface area contributed by atoms with Gasteiger partial charge in [-0.2, -0.15) is 0 Å². The molecule has 18 heavy (non-hydrogen) atoms. The van der Waals surface area contributed by atoms with Gasteiger partial charge in [-0.05, 0) is 17.9 Å². The second-order valence-electron chi connectivity index (χ2n) is 3.54. The van der Waals surface area contributed by atoms with E-state index in [9.17, 15) is 9.59 Å². The molecule has 5 heteroatoms. The zero-order valence-electron chi connectivity index (χ0n) is 10.5. The van der Waals surface area contributed by atoms with Crippen LogP contribution in [0.15, 0.2) is 36.8 Å². The van der Waals surface area contributed by atoms with Gasteiger partial charge in [-0.15, -0.1) is 11.8 Å². The first-order valence-corrected chi connectivity index (χ1v) is 6.75. The van der Waals surface area contributed by atoms with Gasteiger partial charge in [-0.25, -0.2) is 0 Å². The van der Waals surface area contributed by atoms with E-state index in [-0.39, 0.29) is 17.1 Å². The van der Waals surface area contributed by atoms with Crippen molar-refractivity contribution in [2.45, 2.75) is 18.6 Å². The topological polar surface area (TPSA) is 46.6 Å². The molecule has 1 unspecified atom stereocenters. The molecule has 0 aromatic heterocycles. The van der Waals surface area contributed by atoms with E-state index in [4.69, 9.17) is 4.74 Å². The van der Waals surface area contributed by atoms with E-state index in [1.807, 2.05) is 6.92 Å². The molecule has 0 aliphatic carbocycles. The van der Waals surface area contributed by atoms with Crippen molar-refractivity contribution in [1.82, 2.24) is 4.90 Å². The zero-order valence-corrected chi connectivity index (χ0v) is 11.4. The third kappa shape index (κ3) is 4.07. The third-order valence-corrected chi connectivity index (χ3v) is 3.40. The van der Waals surface area contributed by atoms with Crippen LogP contribution in [-0.2, 0) is 14.3 Å². The Bertz CT molecular complexity index is 388. The highest BCUT2D eigenvalue weighted by molar-refractivity contribution is 8.00. The SMILES string of the molecule is CCSC1CC(=O)N(\C=C/C=C/C=C/OC)C1=O. The lowest BCUT2D eigenvalue weighted by molar-refractivity contribution is -0.134. The Morgan fingerprint density at radius 2 is 2.06 bits per heavy atom. The van der Waals surface area contributed by atoms with Crippen molar-refractivity contribution in [1.29, 1.82) is 0 Å². The quantitative estimate of drug-likeness (QED) is 0.420. The molecule has 0 saturated carbocycles. The highest BCUT2D eigenvalue weighted by atomic mass is 32.2. The average Bonchev–Trinajstić information content (AvgIpc) is 2.61. The molecule has 1 aliphatic heterocycles. The van der Waals surface area contributed by atoms with Crippen LogP contribution in [0.25, 0.3) is 0 Å². The minimum atomic E-state index is -0.218. The molecule has 1 heterocycles. The molecule has 0 radical (unpaired) electrons. The fourth-order valence-electron chi connectivity index (χ4n) is 1.50. The number of hydrogen-bond acceptors (Lipinski definition) is 4. The summed E-state index contributed by atoms with van der Waals surface area (Å²) in [5, 5.41) is -0.218. The van der Waals surface area contributed by atoms with Crippen molar-refractivity contribution >= 4 is 23.6 Å². The van der Waals surface area contributed by atoms with Crippen molar-refractivity contribution in [3.8, 4) is 0 Å². The average molecular weight is 267 g/mol. The van der Waals surface area contributed by atoms with Crippen LogP contribution in [-0.4, -0.2) is 34.8 Å². The Kier molecular flexibility index (Phi) is 6.28. The monoisotopic (exact) mass is 267 g/mol. The summed E-state index contributed by atoms with van der Waals surface area (Å²) < 4.78 is 4.72. The van der Waals surface area contributed by atoms with Gasteiger partial charge in [0.2, 0.25) is 11.8 Å². The number of amides is 2. The lowest BCUT2D eigenvalue weighted by Crippen LogP contribution is -2.25. The Balaban J connectivity index is 2.54. The van der Waals surface area contributed by atoms with Crippen molar-refractivity contribution < 1.29 is 14.3 Å². The van der Waals surface area contributed by atoms with Crippen LogP contribution in [0.5, 0.6) is 0 Å². The molecule has 0 spiro atoms. The standard InChI is InChI=1S/C13H17NO3S/c1-3-18-11-10-12(15)14(13(11)16)8-6-4-5-7-9-17-2/h4-9,11H,3,10H2,1-2H3/b5-4+,8-6-,9-7+. The Hall–Kier alpha value is -1.49. The number of rotatable bonds is 6. The van der Waals surface area contributed by atoms with Crippen LogP contribution >= 0.6 is 11.8 Å². The Labute approximate surface area is 111 Å². The summed E-state index contributed by atoms with van der Waals surface area (Å²) in [4.78, 5) is 24.7. The second-order valence-corrected chi connectivity index (χ2v) is 5.02. The van der Waals surface area contributed by atoms with Crippen LogP contribution in [0, 0.1) is 0 Å². The van der Waals surface area contributed by atoms with Gasteiger partial charge in [0.15, 0.2) is 0 Å². The Morgan fingerprint density at radius 1 is 1.33 bits per heavy atom. The number of nitrogens with zero attached hydrogens (tertiary/aromatic N) is 1. The van der Waals surface area contributed by atoms with E-state index in [0.29, 0.717) is 6.42 Å². The maximum Gasteiger partial charge on any atom is 0.246 e. The van der Waals surface area contributed by atoms with Gasteiger partial charge >= 0.3 is 0 Å². The van der Waals surface area contributed by atoms with Crippen LogP contribution in [0.3, 0.4) is 0 Å². The Morgan fingerprint density at radius 3 is 2.72 bits per heavy atom. The molecular weight excluding hydrogens is 250 g/mol. The largest absolute Gasteiger partial charge is 0.504 e. The summed E-state index contributed by atoms with van der Waals surface area (Å²) in [5.74, 6) is 0.579. The number of thioether (sulfide) groups is 1. The van der Waals surface area contributed by atoms with Crippen molar-refractivity contribution in [2.24, 2.45) is 0 Å². The van der Waals surface area contributed by atoms with Gasteiger partial charge in [-0.1, -0.05) is 19.1 Å². The lowest BCUT2D eigenvalue weighted by Gasteiger charge is -2.08. The molecule has 2 amide bonds. The first-order valence-electron chi connectivity index (χ1n) is 5.71. The number of ether oxygens (including phenoxy) is 1. The molecule has 1 atom stereocenters. The van der Waals surface area contributed by atoms with Crippen LogP contribution in [0.2, 0.25) is 0 Å². The van der Waals surface area contributed by atoms with E-state index >= 15 is 0 Å². The molecule has 0 aromatic carbocycles. The number of carbonyl (C=O) groups is 2. The fourth-order valence-corrected chi connectivity index (χ4v) is 2.42. The zero-order chi connectivity index (χ0) is 13.4. The summed E-state index contributed by atoms with van der Waals surface area (Å²) in [6, 6.07) is 0. The smallest absolute Gasteiger partial charge is 0.246 e. The number of imide groups is 1. The summed E-state index contributed by atoms with van der Waals surface area (Å²) >= 11 is 1.51. The van der Waals surface area contributed by atoms with Crippen molar-refractivity contribution in [3.63, 3.8) is 0 Å². The van der Waals surface area contributed by atoms with Gasteiger partial charge in [0, 0.05) is 12.6 Å². The highest BCUT2D eigenvalue weighted by Gasteiger charge is 2.36. The van der Waals surface area contributed by atoms with Gasteiger partial charge in [0.1, 0.15) is 0 Å². The normalized spacial score (nSPS) is 21.0. The summed E-state index contributed by atoms with van der Waals surface area (Å²) in [5.41, 5.74) is 0. The maximum absolute atomic E-state index is 11.8. The lowest BCUT2D eigenvalue weighted by atomic mass is 10.4. The van der Waals surface area contributed by atoms with Gasteiger partial charge in [0.25, 0.3) is 0 Å². The summed E-state index contributed by atoms with van der Waals surface area (Å²) in [6.45, 7) is 1.98. The second kappa shape index (κ2) is 7.76. The molecule has 0 bridgehead atoms. The van der Waals surface area contributed by atoms with Gasteiger partial charge in [0.05, 0.1) is 18.6 Å². The number of likely N-dealkylation sites (tertiary alicyclic amines) is 1. The predicted octanol–water partition coefficient (Wildman–Crippen LogP) is 2.10. The van der Waals surface area contributed by atoms with Crippen LogP contribution < -0.4 is 0 Å². The fraction of sp³-hybridized carbons (Fsp3) is 0.385. The molecule has 1 aliphatic rings. The first-order chi connectivity index (χ1) is 8.70. The minimum Gasteiger partial charge on any atom is -0.504 e. The molecule has 0 aromatic rings. The minimum absolute atomic E-state index is 0.121. The maximum atomic E-state index is 11.8. The highest BCUT2D eigenvalue weighted by Crippen LogP contribution is 2.24. The van der Waals surface area contributed by atoms with Crippen LogP contribution in [0.1, 0.15) is 13.3 Å². The number of allylic oxidation sites excluding steroid dienone is 4. The molecule has 1 rings (SSSR count). The number of methoxy groups -OCH3 is 1. The third-order valence-electron chi connectivity index (χ3n) is 2.29. The van der Waals surface area contributed by atoms with E-state index < -0.39 is 0 Å². The predicted molar refractivity (Wildman–Crippen MR) is 72.8 cm³/mol. The van der Waals surface area contributed by atoms with E-state index in [0.717, 1.165) is 5.75 Å². The molecule has 4 nitrogen and oxygen atoms in total. The molecule has 98 valence electrons. The van der Waals surface area contributed by atoms with Crippen LogP contribution in [0.4, 0.5) is 0 Å². The molecule has 1 saturated heterocycles. The summed E-state index contributed by atoms with van der Waals surface area (Å²) in [6.07, 6.45) is 10.2. The van der Waals surface area contributed by atoms with E-state index in [1.54, 1.807) is 31.4 Å². The molecule has 0 N–H and O–H groups in total. The van der Waals surface area contributed by atoms with Crippen molar-refractivity contribution in [3.05, 3.63) is 36.8 Å². The van der Waals surface area contributed by atoms with Crippen molar-refractivity contribution in [2.75, 3.05) is 12.9 Å². The first kappa shape index (κ1) is 14.6. The summed E-state index contributed by atoms with van der Waals surface area (Å²) in [7, 11) is 1.56. The molecule has 1 fully saturated rings. The van der Waals surface area contributed by atoms with Gasteiger partial charge in [-0.3, -0.25) is 14.5 Å².